The molecule has 2 saturated heterocycles. The Bertz CT molecular complexity index is 242. The van der Waals surface area contributed by atoms with Gasteiger partial charge in [-0.1, -0.05) is 34.6 Å². The molecule has 0 aromatic carbocycles. The smallest absolute Gasteiger partial charge is 0.212 e. The molecule has 0 N–H and O–H groups in total. The van der Waals surface area contributed by atoms with E-state index in [2.05, 4.69) is 34.6 Å². The van der Waals surface area contributed by atoms with Crippen LogP contribution in [-0.4, -0.2) is 25.3 Å². The van der Waals surface area contributed by atoms with E-state index in [1.165, 1.54) is 0 Å². The molecule has 0 radical (unpaired) electrons. The van der Waals surface area contributed by atoms with Crippen molar-refractivity contribution in [1.29, 1.82) is 0 Å². The zero-order valence-electron chi connectivity index (χ0n) is 10.4. The van der Waals surface area contributed by atoms with E-state index in [-0.39, 0.29) is 24.1 Å². The van der Waals surface area contributed by atoms with E-state index in [0.29, 0.717) is 12.0 Å². The summed E-state index contributed by atoms with van der Waals surface area (Å²) in [6.45, 7) is 11.9. The summed E-state index contributed by atoms with van der Waals surface area (Å²) in [4.78, 5) is 0. The summed E-state index contributed by atoms with van der Waals surface area (Å²) in [5.74, 6) is 0. The molecule has 2 aliphatic heterocycles. The third-order valence-electron chi connectivity index (χ3n) is 2.98. The van der Waals surface area contributed by atoms with Crippen LogP contribution < -0.4 is 0 Å². The monoisotopic (exact) mass is 214 g/mol. The Morgan fingerprint density at radius 1 is 1.00 bits per heavy atom. The predicted octanol–water partition coefficient (Wildman–Crippen LogP) is 2.55. The van der Waals surface area contributed by atoms with Crippen LogP contribution in [0.4, 0.5) is 0 Å². The molecule has 2 aliphatic rings. The Hall–Kier alpha value is -0.120. The van der Waals surface area contributed by atoms with Crippen molar-refractivity contribution in [3.05, 3.63) is 0 Å². The normalized spacial score (nSPS) is 36.2. The SMILES string of the molecule is CC(C)(C)CC(C)(C)C1COC2OC2O1. The van der Waals surface area contributed by atoms with Gasteiger partial charge in [0.05, 0.1) is 12.7 Å². The maximum absolute atomic E-state index is 5.82. The van der Waals surface area contributed by atoms with Crippen molar-refractivity contribution in [3.63, 3.8) is 0 Å². The second-order valence-corrected chi connectivity index (χ2v) is 6.56. The Kier molecular flexibility index (Phi) is 2.61. The quantitative estimate of drug-likeness (QED) is 0.662. The standard InChI is InChI=1S/C12H22O3/c1-11(2,3)7-12(4,5)8-6-13-9-10(14-8)15-9/h8-10H,6-7H2,1-5H3. The molecule has 3 nitrogen and oxygen atoms in total. The Morgan fingerprint density at radius 3 is 2.20 bits per heavy atom. The molecular weight excluding hydrogens is 192 g/mol. The van der Waals surface area contributed by atoms with Gasteiger partial charge in [-0.15, -0.1) is 0 Å². The van der Waals surface area contributed by atoms with Gasteiger partial charge < -0.3 is 14.2 Å². The molecule has 2 heterocycles. The lowest BCUT2D eigenvalue weighted by atomic mass is 9.73. The molecule has 88 valence electrons. The van der Waals surface area contributed by atoms with Gasteiger partial charge in [0.25, 0.3) is 0 Å². The van der Waals surface area contributed by atoms with Crippen LogP contribution in [0.2, 0.25) is 0 Å². The van der Waals surface area contributed by atoms with E-state index in [1.54, 1.807) is 0 Å². The van der Waals surface area contributed by atoms with Crippen LogP contribution in [0, 0.1) is 10.8 Å². The first kappa shape index (κ1) is 11.4. The first-order valence-electron chi connectivity index (χ1n) is 5.70. The first-order chi connectivity index (χ1) is 6.78. The topological polar surface area (TPSA) is 31.0 Å². The van der Waals surface area contributed by atoms with Gasteiger partial charge in [-0.2, -0.15) is 0 Å². The third kappa shape index (κ3) is 2.71. The molecule has 0 spiro atoms. The van der Waals surface area contributed by atoms with Gasteiger partial charge in [0.1, 0.15) is 0 Å². The van der Waals surface area contributed by atoms with Crippen LogP contribution in [-0.2, 0) is 14.2 Å². The molecule has 0 aromatic heterocycles. The summed E-state index contributed by atoms with van der Waals surface area (Å²) in [6, 6.07) is 0. The molecule has 3 atom stereocenters. The molecule has 0 aliphatic carbocycles. The van der Waals surface area contributed by atoms with Gasteiger partial charge >= 0.3 is 0 Å². The fourth-order valence-electron chi connectivity index (χ4n) is 2.57. The average Bonchev–Trinajstić information content (AvgIpc) is 2.75. The van der Waals surface area contributed by atoms with Crippen molar-refractivity contribution < 1.29 is 14.2 Å². The Labute approximate surface area is 92.1 Å². The van der Waals surface area contributed by atoms with E-state index in [9.17, 15) is 0 Å². The summed E-state index contributed by atoms with van der Waals surface area (Å²) < 4.78 is 16.5. The lowest BCUT2D eigenvalue weighted by molar-refractivity contribution is -0.143. The fourth-order valence-corrected chi connectivity index (χ4v) is 2.57. The van der Waals surface area contributed by atoms with Crippen molar-refractivity contribution in [3.8, 4) is 0 Å². The fraction of sp³-hybridized carbons (Fsp3) is 1.00. The molecule has 3 heteroatoms. The van der Waals surface area contributed by atoms with Crippen LogP contribution in [0.5, 0.6) is 0 Å². The Morgan fingerprint density at radius 2 is 1.67 bits per heavy atom. The zero-order valence-corrected chi connectivity index (χ0v) is 10.4. The van der Waals surface area contributed by atoms with Crippen LogP contribution >= 0.6 is 0 Å². The second kappa shape index (κ2) is 3.44. The Balaban J connectivity index is 1.95. The minimum absolute atomic E-state index is 0.0771. The van der Waals surface area contributed by atoms with Crippen molar-refractivity contribution >= 4 is 0 Å². The number of fused-ring (bicyclic) bond motifs is 1. The van der Waals surface area contributed by atoms with E-state index in [1.807, 2.05) is 0 Å². The van der Waals surface area contributed by atoms with Crippen molar-refractivity contribution in [1.82, 2.24) is 0 Å². The minimum atomic E-state index is -0.0945. The molecule has 0 bridgehead atoms. The minimum Gasteiger partial charge on any atom is -0.345 e. The van der Waals surface area contributed by atoms with Gasteiger partial charge in [-0.3, -0.25) is 0 Å². The predicted molar refractivity (Wildman–Crippen MR) is 57.3 cm³/mol. The van der Waals surface area contributed by atoms with Crippen LogP contribution in [0.3, 0.4) is 0 Å². The number of hydrogen-bond donors (Lipinski definition) is 0. The molecule has 15 heavy (non-hydrogen) atoms. The largest absolute Gasteiger partial charge is 0.345 e. The molecule has 2 fully saturated rings. The van der Waals surface area contributed by atoms with E-state index >= 15 is 0 Å². The number of rotatable bonds is 2. The van der Waals surface area contributed by atoms with Crippen LogP contribution in [0.15, 0.2) is 0 Å². The summed E-state index contributed by atoms with van der Waals surface area (Å²) in [6.07, 6.45) is 1.10. The average molecular weight is 214 g/mol. The van der Waals surface area contributed by atoms with Gasteiger partial charge in [0, 0.05) is 0 Å². The molecule has 3 unspecified atom stereocenters. The summed E-state index contributed by atoms with van der Waals surface area (Å²) >= 11 is 0. The maximum atomic E-state index is 5.82. The first-order valence-corrected chi connectivity index (χ1v) is 5.70. The van der Waals surface area contributed by atoms with Crippen molar-refractivity contribution in [2.24, 2.45) is 10.8 Å². The highest BCUT2D eigenvalue weighted by molar-refractivity contribution is 4.88. The maximum Gasteiger partial charge on any atom is 0.212 e. The summed E-state index contributed by atoms with van der Waals surface area (Å²) in [5.41, 5.74) is 0.448. The van der Waals surface area contributed by atoms with E-state index in [4.69, 9.17) is 14.2 Å². The summed E-state index contributed by atoms with van der Waals surface area (Å²) in [7, 11) is 0. The number of hydrogen-bond acceptors (Lipinski definition) is 3. The lowest BCUT2D eigenvalue weighted by Gasteiger charge is -2.39. The molecule has 2 rings (SSSR count). The summed E-state index contributed by atoms with van der Waals surface area (Å²) in [5, 5.41) is 0. The van der Waals surface area contributed by atoms with E-state index < -0.39 is 0 Å². The van der Waals surface area contributed by atoms with Crippen molar-refractivity contribution in [2.75, 3.05) is 6.61 Å². The molecule has 0 saturated carbocycles. The molecule has 0 amide bonds. The number of ether oxygens (including phenoxy) is 3. The third-order valence-corrected chi connectivity index (χ3v) is 2.98. The van der Waals surface area contributed by atoms with Crippen molar-refractivity contribution in [2.45, 2.75) is 59.7 Å². The van der Waals surface area contributed by atoms with Gasteiger partial charge in [-0.25, -0.2) is 0 Å². The molecular formula is C12H22O3. The van der Waals surface area contributed by atoms with Gasteiger partial charge in [0.15, 0.2) is 0 Å². The lowest BCUT2D eigenvalue weighted by Crippen LogP contribution is -2.42. The number of epoxide rings is 1. The highest BCUT2D eigenvalue weighted by Gasteiger charge is 2.50. The highest BCUT2D eigenvalue weighted by Crippen LogP contribution is 2.42. The van der Waals surface area contributed by atoms with Crippen LogP contribution in [0.25, 0.3) is 0 Å². The van der Waals surface area contributed by atoms with E-state index in [0.717, 1.165) is 6.42 Å². The van der Waals surface area contributed by atoms with Gasteiger partial charge in [0.2, 0.25) is 12.6 Å². The second-order valence-electron chi connectivity index (χ2n) is 6.56. The van der Waals surface area contributed by atoms with Gasteiger partial charge in [-0.05, 0) is 17.3 Å². The highest BCUT2D eigenvalue weighted by atomic mass is 16.9. The van der Waals surface area contributed by atoms with Crippen LogP contribution in [0.1, 0.15) is 41.0 Å². The zero-order chi connectivity index (χ0) is 11.3. The molecule has 0 aromatic rings.